The Kier molecular flexibility index (Phi) is 2.22. The Hall–Kier alpha value is -0.920. The summed E-state index contributed by atoms with van der Waals surface area (Å²) in [5.41, 5.74) is 9.13. The fourth-order valence-electron chi connectivity index (χ4n) is 1.35. The van der Waals surface area contributed by atoms with Gasteiger partial charge in [0.1, 0.15) is 5.76 Å². The Morgan fingerprint density at radius 2 is 1.91 bits per heavy atom. The highest BCUT2D eigenvalue weighted by Crippen LogP contribution is 2.26. The predicted octanol–water partition coefficient (Wildman–Crippen LogP) is 1.93. The van der Waals surface area contributed by atoms with Gasteiger partial charge in [0.15, 0.2) is 0 Å². The van der Waals surface area contributed by atoms with Gasteiger partial charge in [0.2, 0.25) is 0 Å². The van der Waals surface area contributed by atoms with Crippen molar-refractivity contribution >= 4 is 0 Å². The van der Waals surface area contributed by atoms with Gasteiger partial charge >= 0.3 is 0 Å². The average Bonchev–Trinajstić information content (AvgIpc) is 2.01. The number of hydrogen-bond donors (Lipinski definition) is 1. The highest BCUT2D eigenvalue weighted by Gasteiger charge is 2.13. The second kappa shape index (κ2) is 2.99. The van der Waals surface area contributed by atoms with Crippen LogP contribution in [0.3, 0.4) is 0 Å². The van der Waals surface area contributed by atoms with Crippen LogP contribution in [0.25, 0.3) is 0 Å². The lowest BCUT2D eigenvalue weighted by atomic mass is 9.97. The van der Waals surface area contributed by atoms with Crippen LogP contribution in [0.5, 0.6) is 0 Å². The molecule has 0 saturated carbocycles. The van der Waals surface area contributed by atoms with Crippen LogP contribution >= 0.6 is 0 Å². The zero-order chi connectivity index (χ0) is 8.43. The largest absolute Gasteiger partial charge is 0.501 e. The lowest BCUT2D eigenvalue weighted by Gasteiger charge is -2.18. The molecule has 62 valence electrons. The first-order valence-corrected chi connectivity index (χ1v) is 3.86. The number of nitrogens with two attached hydrogens (primary N) is 1. The summed E-state index contributed by atoms with van der Waals surface area (Å²) in [7, 11) is 1.70. The Balaban J connectivity index is 2.98. The summed E-state index contributed by atoms with van der Waals surface area (Å²) in [4.78, 5) is 0. The summed E-state index contributed by atoms with van der Waals surface area (Å²) >= 11 is 0. The van der Waals surface area contributed by atoms with Gasteiger partial charge in [0.25, 0.3) is 0 Å². The minimum Gasteiger partial charge on any atom is -0.501 e. The Morgan fingerprint density at radius 1 is 1.27 bits per heavy atom. The van der Waals surface area contributed by atoms with Crippen LogP contribution in [0.4, 0.5) is 0 Å². The van der Waals surface area contributed by atoms with E-state index in [0.717, 1.165) is 29.9 Å². The second-order valence-corrected chi connectivity index (χ2v) is 2.95. The molecule has 2 N–H and O–H groups in total. The third-order valence-corrected chi connectivity index (χ3v) is 2.26. The van der Waals surface area contributed by atoms with E-state index in [2.05, 4.69) is 6.92 Å². The van der Waals surface area contributed by atoms with Gasteiger partial charge in [-0.25, -0.2) is 0 Å². The molecule has 1 aliphatic carbocycles. The summed E-state index contributed by atoms with van der Waals surface area (Å²) in [6.07, 6.45) is 2.03. The van der Waals surface area contributed by atoms with Crippen molar-refractivity contribution in [1.29, 1.82) is 0 Å². The van der Waals surface area contributed by atoms with E-state index < -0.39 is 0 Å². The zero-order valence-corrected chi connectivity index (χ0v) is 7.40. The molecule has 0 aromatic rings. The highest BCUT2D eigenvalue weighted by atomic mass is 16.5. The number of rotatable bonds is 1. The molecular weight excluding hydrogens is 138 g/mol. The van der Waals surface area contributed by atoms with Crippen LogP contribution < -0.4 is 5.73 Å². The first-order valence-electron chi connectivity index (χ1n) is 3.86. The second-order valence-electron chi connectivity index (χ2n) is 2.95. The molecule has 0 saturated heterocycles. The van der Waals surface area contributed by atoms with E-state index in [1.165, 1.54) is 5.57 Å². The van der Waals surface area contributed by atoms with Crippen LogP contribution in [0.2, 0.25) is 0 Å². The summed E-state index contributed by atoms with van der Waals surface area (Å²) in [5, 5.41) is 0. The molecule has 0 fully saturated rings. The van der Waals surface area contributed by atoms with E-state index in [0.29, 0.717) is 0 Å². The monoisotopic (exact) mass is 153 g/mol. The molecule has 1 rings (SSSR count). The third kappa shape index (κ3) is 1.39. The number of methoxy groups -OCH3 is 1. The van der Waals surface area contributed by atoms with E-state index in [1.54, 1.807) is 7.11 Å². The molecule has 0 amide bonds. The minimum atomic E-state index is 0.910. The van der Waals surface area contributed by atoms with Crippen LogP contribution in [0.15, 0.2) is 22.6 Å². The van der Waals surface area contributed by atoms with Crippen LogP contribution in [0, 0.1) is 0 Å². The lowest BCUT2D eigenvalue weighted by Crippen LogP contribution is -2.10. The number of ether oxygens (including phenoxy) is 1. The van der Waals surface area contributed by atoms with Crippen LogP contribution in [0.1, 0.15) is 26.7 Å². The Bertz CT molecular complexity index is 226. The van der Waals surface area contributed by atoms with Gasteiger partial charge in [0.05, 0.1) is 7.11 Å². The summed E-state index contributed by atoms with van der Waals surface area (Å²) in [6, 6.07) is 0. The van der Waals surface area contributed by atoms with Crippen molar-refractivity contribution in [2.75, 3.05) is 7.11 Å². The molecule has 1 aliphatic rings. The first kappa shape index (κ1) is 8.18. The van der Waals surface area contributed by atoms with Crippen molar-refractivity contribution in [1.82, 2.24) is 0 Å². The van der Waals surface area contributed by atoms with Gasteiger partial charge in [-0.15, -0.1) is 0 Å². The van der Waals surface area contributed by atoms with Crippen molar-refractivity contribution in [3.8, 4) is 0 Å². The minimum absolute atomic E-state index is 0.910. The van der Waals surface area contributed by atoms with Gasteiger partial charge in [-0.3, -0.25) is 0 Å². The molecule has 0 aromatic carbocycles. The summed E-state index contributed by atoms with van der Waals surface area (Å²) < 4.78 is 5.19. The van der Waals surface area contributed by atoms with E-state index in [4.69, 9.17) is 10.5 Å². The predicted molar refractivity (Wildman–Crippen MR) is 45.8 cm³/mol. The topological polar surface area (TPSA) is 35.2 Å². The molecule has 11 heavy (non-hydrogen) atoms. The normalized spacial score (nSPS) is 19.2. The maximum Gasteiger partial charge on any atom is 0.101 e. The molecule has 0 atom stereocenters. The van der Waals surface area contributed by atoms with E-state index in [1.807, 2.05) is 6.92 Å². The molecule has 0 aromatic heterocycles. The Morgan fingerprint density at radius 3 is 2.45 bits per heavy atom. The fraction of sp³-hybridized carbons (Fsp3) is 0.556. The van der Waals surface area contributed by atoms with Crippen molar-refractivity contribution in [2.45, 2.75) is 26.7 Å². The van der Waals surface area contributed by atoms with Crippen molar-refractivity contribution in [2.24, 2.45) is 5.73 Å². The molecule has 0 heterocycles. The van der Waals surface area contributed by atoms with E-state index >= 15 is 0 Å². The fourth-order valence-corrected chi connectivity index (χ4v) is 1.35. The lowest BCUT2D eigenvalue weighted by molar-refractivity contribution is 0.270. The van der Waals surface area contributed by atoms with Gasteiger partial charge in [-0.2, -0.15) is 0 Å². The summed E-state index contributed by atoms with van der Waals surface area (Å²) in [5.74, 6) is 1.04. The molecular formula is C9H15NO. The number of hydrogen-bond acceptors (Lipinski definition) is 2. The van der Waals surface area contributed by atoms with E-state index in [-0.39, 0.29) is 0 Å². The van der Waals surface area contributed by atoms with Gasteiger partial charge in [-0.05, 0) is 25.8 Å². The molecule has 0 spiro atoms. The third-order valence-electron chi connectivity index (χ3n) is 2.26. The highest BCUT2D eigenvalue weighted by molar-refractivity contribution is 5.36. The van der Waals surface area contributed by atoms with Crippen molar-refractivity contribution in [3.63, 3.8) is 0 Å². The van der Waals surface area contributed by atoms with Gasteiger partial charge in [0, 0.05) is 17.7 Å². The maximum atomic E-state index is 5.83. The molecule has 0 bridgehead atoms. The quantitative estimate of drug-likeness (QED) is 0.624. The summed E-state index contributed by atoms with van der Waals surface area (Å²) in [6.45, 7) is 4.09. The first-order chi connectivity index (χ1) is 5.16. The van der Waals surface area contributed by atoms with Gasteiger partial charge in [-0.1, -0.05) is 0 Å². The number of allylic oxidation sites excluding steroid dienone is 3. The van der Waals surface area contributed by atoms with Gasteiger partial charge < -0.3 is 10.5 Å². The van der Waals surface area contributed by atoms with E-state index in [9.17, 15) is 0 Å². The van der Waals surface area contributed by atoms with Crippen LogP contribution in [-0.2, 0) is 4.74 Å². The zero-order valence-electron chi connectivity index (χ0n) is 7.40. The molecule has 0 radical (unpaired) electrons. The molecule has 2 heteroatoms. The van der Waals surface area contributed by atoms with Crippen LogP contribution in [-0.4, -0.2) is 7.11 Å². The molecule has 0 unspecified atom stereocenters. The smallest absolute Gasteiger partial charge is 0.101 e. The average molecular weight is 153 g/mol. The maximum absolute atomic E-state index is 5.83. The SMILES string of the molecule is COC1=C(C)C(N)=C(C)CC1. The van der Waals surface area contributed by atoms with Crippen molar-refractivity contribution in [3.05, 3.63) is 22.6 Å². The molecule has 0 aliphatic heterocycles. The standard InChI is InChI=1S/C9H15NO/c1-6-4-5-8(11-3)7(2)9(6)10/h4-5,10H2,1-3H3. The molecule has 2 nitrogen and oxygen atoms in total. The van der Waals surface area contributed by atoms with Crippen molar-refractivity contribution < 1.29 is 4.74 Å². The Labute approximate surface area is 67.7 Å².